The van der Waals surface area contributed by atoms with Gasteiger partial charge in [0.2, 0.25) is 0 Å². The molecule has 0 unspecified atom stereocenters. The zero-order valence-electron chi connectivity index (χ0n) is 16.5. The smallest absolute Gasteiger partial charge is 0.253 e. The molecule has 29 heavy (non-hydrogen) atoms. The summed E-state index contributed by atoms with van der Waals surface area (Å²) in [5.41, 5.74) is 1.28. The fourth-order valence-corrected chi connectivity index (χ4v) is 3.98. The van der Waals surface area contributed by atoms with Crippen molar-refractivity contribution >= 4 is 5.91 Å². The monoisotopic (exact) mass is 392 g/mol. The summed E-state index contributed by atoms with van der Waals surface area (Å²) in [5.74, 6) is -0.0461. The highest BCUT2D eigenvalue weighted by Gasteiger charge is 2.45. The van der Waals surface area contributed by atoms with E-state index in [1.165, 1.54) is 11.0 Å². The molecule has 0 bridgehead atoms. The van der Waals surface area contributed by atoms with Crippen molar-refractivity contribution < 1.29 is 9.90 Å². The molecule has 1 aliphatic heterocycles. The summed E-state index contributed by atoms with van der Waals surface area (Å²) in [5, 5.41) is 22.6. The van der Waals surface area contributed by atoms with Crippen molar-refractivity contribution in [2.45, 2.75) is 18.1 Å². The Kier molecular flexibility index (Phi) is 5.12. The van der Waals surface area contributed by atoms with Crippen LogP contribution in [-0.2, 0) is 5.60 Å². The van der Waals surface area contributed by atoms with Crippen molar-refractivity contribution in [3.8, 4) is 5.69 Å². The fourth-order valence-electron chi connectivity index (χ4n) is 3.98. The normalized spacial score (nSPS) is 22.1. The number of carbonyl (C=O) groups is 1. The van der Waals surface area contributed by atoms with Crippen LogP contribution in [0.2, 0.25) is 0 Å². The number of carbonyl (C=O) groups excluding carboxylic acids is 1. The van der Waals surface area contributed by atoms with E-state index in [1.807, 2.05) is 66.4 Å². The van der Waals surface area contributed by atoms with E-state index >= 15 is 0 Å². The number of piperidine rings is 1. The summed E-state index contributed by atoms with van der Waals surface area (Å²) < 4.78 is 1.54. The van der Waals surface area contributed by atoms with Gasteiger partial charge in [-0.25, -0.2) is 4.68 Å². The molecule has 2 aromatic carbocycles. The highest BCUT2D eigenvalue weighted by atomic mass is 16.3. The first-order valence-electron chi connectivity index (χ1n) is 9.56. The van der Waals surface area contributed by atoms with E-state index in [0.717, 1.165) is 11.3 Å². The van der Waals surface area contributed by atoms with E-state index < -0.39 is 5.60 Å². The molecule has 0 spiro atoms. The van der Waals surface area contributed by atoms with Crippen molar-refractivity contribution in [3.63, 3.8) is 0 Å². The van der Waals surface area contributed by atoms with E-state index in [9.17, 15) is 9.90 Å². The minimum absolute atomic E-state index is 0.0461. The number of aromatic nitrogens is 4. The average Bonchev–Trinajstić information content (AvgIpc) is 3.29. The van der Waals surface area contributed by atoms with Gasteiger partial charge in [0.1, 0.15) is 11.9 Å². The third kappa shape index (κ3) is 3.64. The van der Waals surface area contributed by atoms with E-state index in [-0.39, 0.29) is 11.9 Å². The summed E-state index contributed by atoms with van der Waals surface area (Å²) in [6.45, 7) is 0.940. The van der Waals surface area contributed by atoms with Crippen molar-refractivity contribution in [3.05, 3.63) is 72.1 Å². The SMILES string of the molecule is CN(C)[C@@H]1CN(C(=O)c2ccc(-n3cnnn3)cc2)CC[C@]1(O)c1ccccc1. The second-order valence-corrected chi connectivity index (χ2v) is 7.57. The molecular formula is C21H24N6O2. The molecule has 1 amide bonds. The maximum atomic E-state index is 13.1. The predicted octanol–water partition coefficient (Wildman–Crippen LogP) is 1.33. The highest BCUT2D eigenvalue weighted by molar-refractivity contribution is 5.94. The molecule has 3 aromatic rings. The third-order valence-electron chi connectivity index (χ3n) is 5.62. The van der Waals surface area contributed by atoms with E-state index in [1.54, 1.807) is 12.1 Å². The second-order valence-electron chi connectivity index (χ2n) is 7.57. The summed E-state index contributed by atoms with van der Waals surface area (Å²) in [6.07, 6.45) is 1.99. The lowest BCUT2D eigenvalue weighted by Crippen LogP contribution is -2.60. The summed E-state index contributed by atoms with van der Waals surface area (Å²) in [6, 6.07) is 16.7. The van der Waals surface area contributed by atoms with Gasteiger partial charge in [0.05, 0.1) is 11.7 Å². The quantitative estimate of drug-likeness (QED) is 0.721. The van der Waals surface area contributed by atoms with Crippen LogP contribution in [0.3, 0.4) is 0 Å². The number of nitrogens with zero attached hydrogens (tertiary/aromatic N) is 6. The standard InChI is InChI=1S/C21H24N6O2/c1-25(2)19-14-26(13-12-21(19,29)17-6-4-3-5-7-17)20(28)16-8-10-18(11-9-16)27-15-22-23-24-27/h3-11,15,19,29H,12-14H2,1-2H3/t19-,21+/m1/s1. The van der Waals surface area contributed by atoms with E-state index in [4.69, 9.17) is 0 Å². The first kappa shape index (κ1) is 19.2. The number of aliphatic hydroxyl groups is 1. The molecule has 0 aliphatic carbocycles. The Bertz CT molecular complexity index is 959. The molecule has 1 fully saturated rings. The molecule has 0 saturated carbocycles. The Morgan fingerprint density at radius 3 is 2.48 bits per heavy atom. The Labute approximate surface area is 169 Å². The van der Waals surface area contributed by atoms with E-state index in [0.29, 0.717) is 25.1 Å². The zero-order valence-corrected chi connectivity index (χ0v) is 16.5. The molecule has 0 radical (unpaired) electrons. The van der Waals surface area contributed by atoms with Gasteiger partial charge < -0.3 is 14.9 Å². The van der Waals surface area contributed by atoms with Gasteiger partial charge in [0.15, 0.2) is 0 Å². The molecular weight excluding hydrogens is 368 g/mol. The number of amides is 1. The van der Waals surface area contributed by atoms with Crippen molar-refractivity contribution in [1.29, 1.82) is 0 Å². The number of benzene rings is 2. The number of hydrogen-bond donors (Lipinski definition) is 1. The molecule has 2 atom stereocenters. The molecule has 2 heterocycles. The van der Waals surface area contributed by atoms with Crippen LogP contribution in [0.4, 0.5) is 0 Å². The lowest BCUT2D eigenvalue weighted by atomic mass is 9.79. The Morgan fingerprint density at radius 2 is 1.86 bits per heavy atom. The first-order chi connectivity index (χ1) is 14.0. The summed E-state index contributed by atoms with van der Waals surface area (Å²) in [7, 11) is 3.88. The van der Waals surface area contributed by atoms with Gasteiger partial charge >= 0.3 is 0 Å². The maximum Gasteiger partial charge on any atom is 0.253 e. The van der Waals surface area contributed by atoms with Crippen LogP contribution < -0.4 is 0 Å². The van der Waals surface area contributed by atoms with Crippen LogP contribution in [0.25, 0.3) is 5.69 Å². The predicted molar refractivity (Wildman–Crippen MR) is 107 cm³/mol. The van der Waals surface area contributed by atoms with Gasteiger partial charge in [0.25, 0.3) is 5.91 Å². The molecule has 4 rings (SSSR count). The van der Waals surface area contributed by atoms with Crippen LogP contribution in [0, 0.1) is 0 Å². The number of hydrogen-bond acceptors (Lipinski definition) is 6. The topological polar surface area (TPSA) is 87.4 Å². The average molecular weight is 392 g/mol. The minimum atomic E-state index is -0.995. The molecule has 8 nitrogen and oxygen atoms in total. The fraction of sp³-hybridized carbons (Fsp3) is 0.333. The Morgan fingerprint density at radius 1 is 1.14 bits per heavy atom. The minimum Gasteiger partial charge on any atom is -0.383 e. The van der Waals surface area contributed by atoms with Gasteiger partial charge in [-0.2, -0.15) is 0 Å². The highest BCUT2D eigenvalue weighted by Crippen LogP contribution is 2.35. The van der Waals surface area contributed by atoms with Gasteiger partial charge in [-0.3, -0.25) is 4.79 Å². The molecule has 1 aliphatic rings. The van der Waals surface area contributed by atoms with Crippen molar-refractivity contribution in [2.24, 2.45) is 0 Å². The Balaban J connectivity index is 1.54. The molecule has 1 saturated heterocycles. The Hall–Kier alpha value is -3.10. The molecule has 150 valence electrons. The number of tetrazole rings is 1. The van der Waals surface area contributed by atoms with Crippen LogP contribution in [0.1, 0.15) is 22.3 Å². The van der Waals surface area contributed by atoms with Gasteiger partial charge in [-0.05, 0) is 60.8 Å². The lowest BCUT2D eigenvalue weighted by Gasteiger charge is -2.47. The number of likely N-dealkylation sites (N-methyl/N-ethyl adjacent to an activating group) is 1. The van der Waals surface area contributed by atoms with Crippen molar-refractivity contribution in [2.75, 3.05) is 27.2 Å². The van der Waals surface area contributed by atoms with Crippen LogP contribution in [0.5, 0.6) is 0 Å². The van der Waals surface area contributed by atoms with Gasteiger partial charge in [-0.15, -0.1) is 5.10 Å². The molecule has 8 heteroatoms. The van der Waals surface area contributed by atoms with Gasteiger partial charge in [0, 0.05) is 18.7 Å². The van der Waals surface area contributed by atoms with Crippen LogP contribution >= 0.6 is 0 Å². The summed E-state index contributed by atoms with van der Waals surface area (Å²) in [4.78, 5) is 16.9. The van der Waals surface area contributed by atoms with Crippen LogP contribution in [0.15, 0.2) is 60.9 Å². The first-order valence-corrected chi connectivity index (χ1v) is 9.56. The number of rotatable bonds is 4. The lowest BCUT2D eigenvalue weighted by molar-refractivity contribution is -0.0810. The maximum absolute atomic E-state index is 13.1. The molecule has 1 aromatic heterocycles. The van der Waals surface area contributed by atoms with E-state index in [2.05, 4.69) is 15.5 Å². The van der Waals surface area contributed by atoms with Gasteiger partial charge in [-0.1, -0.05) is 30.3 Å². The molecule has 1 N–H and O–H groups in total. The third-order valence-corrected chi connectivity index (χ3v) is 5.62. The zero-order chi connectivity index (χ0) is 20.4. The number of likely N-dealkylation sites (tertiary alicyclic amines) is 1. The largest absolute Gasteiger partial charge is 0.383 e. The van der Waals surface area contributed by atoms with Crippen molar-refractivity contribution in [1.82, 2.24) is 30.0 Å². The second kappa shape index (κ2) is 7.73. The summed E-state index contributed by atoms with van der Waals surface area (Å²) >= 11 is 0. The van der Waals surface area contributed by atoms with Crippen LogP contribution in [-0.4, -0.2) is 74.2 Å².